The van der Waals surface area contributed by atoms with Crippen molar-refractivity contribution in [3.63, 3.8) is 0 Å². The van der Waals surface area contributed by atoms with E-state index in [1.54, 1.807) is 11.3 Å². The van der Waals surface area contributed by atoms with E-state index in [4.69, 9.17) is 10.5 Å². The first-order valence-electron chi connectivity index (χ1n) is 7.46. The Hall–Kier alpha value is -1.59. The fraction of sp³-hybridized carbons (Fsp3) is 0.438. The summed E-state index contributed by atoms with van der Waals surface area (Å²) in [5.74, 6) is 0.916. The van der Waals surface area contributed by atoms with Crippen LogP contribution in [0.15, 0.2) is 29.6 Å². The number of nitrogens with zero attached hydrogens (tertiary/aromatic N) is 1. The predicted molar refractivity (Wildman–Crippen MR) is 89.4 cm³/mol. The van der Waals surface area contributed by atoms with Crippen LogP contribution in [0.5, 0.6) is 5.75 Å². The second-order valence-corrected chi connectivity index (χ2v) is 5.76. The van der Waals surface area contributed by atoms with Gasteiger partial charge in [0.1, 0.15) is 5.75 Å². The summed E-state index contributed by atoms with van der Waals surface area (Å²) < 4.78 is 5.72. The number of thiazole rings is 1. The number of unbranched alkanes of at least 4 members (excludes halogenated alkanes) is 3. The molecule has 2 rings (SSSR count). The first-order chi connectivity index (χ1) is 10.3. The molecular weight excluding hydrogens is 282 g/mol. The molecule has 0 aliphatic heterocycles. The molecule has 0 fully saturated rings. The normalized spacial score (nSPS) is 10.6. The van der Waals surface area contributed by atoms with Gasteiger partial charge in [0.25, 0.3) is 0 Å². The summed E-state index contributed by atoms with van der Waals surface area (Å²) in [4.78, 5) is 4.38. The molecule has 4 nitrogen and oxygen atoms in total. The van der Waals surface area contributed by atoms with Crippen LogP contribution in [0, 0.1) is 0 Å². The van der Waals surface area contributed by atoms with Gasteiger partial charge in [-0.2, -0.15) is 0 Å². The summed E-state index contributed by atoms with van der Waals surface area (Å²) in [5, 5.41) is 6.10. The van der Waals surface area contributed by atoms with Crippen LogP contribution in [-0.2, 0) is 6.54 Å². The van der Waals surface area contributed by atoms with E-state index < -0.39 is 0 Å². The summed E-state index contributed by atoms with van der Waals surface area (Å²) in [7, 11) is 0. The smallest absolute Gasteiger partial charge is 0.187 e. The number of hydrogen-bond acceptors (Lipinski definition) is 5. The third kappa shape index (κ3) is 5.36. The molecule has 1 aromatic heterocycles. The van der Waals surface area contributed by atoms with Crippen molar-refractivity contribution in [3.05, 3.63) is 35.3 Å². The zero-order valence-corrected chi connectivity index (χ0v) is 13.3. The molecule has 0 amide bonds. The Bertz CT molecular complexity index is 525. The number of anilines is 2. The Morgan fingerprint density at radius 2 is 2.00 bits per heavy atom. The van der Waals surface area contributed by atoms with Crippen LogP contribution in [0.3, 0.4) is 0 Å². The van der Waals surface area contributed by atoms with E-state index in [0.717, 1.165) is 35.3 Å². The number of nitrogens with two attached hydrogens (primary N) is 1. The lowest BCUT2D eigenvalue weighted by Gasteiger charge is -2.07. The number of rotatable bonds is 9. The van der Waals surface area contributed by atoms with E-state index in [1.807, 2.05) is 29.6 Å². The van der Waals surface area contributed by atoms with Gasteiger partial charge in [0, 0.05) is 17.6 Å². The fourth-order valence-corrected chi connectivity index (χ4v) is 2.68. The summed E-state index contributed by atoms with van der Waals surface area (Å²) in [5.41, 5.74) is 7.47. The van der Waals surface area contributed by atoms with Crippen LogP contribution in [0.1, 0.15) is 38.3 Å². The average molecular weight is 305 g/mol. The van der Waals surface area contributed by atoms with Crippen molar-refractivity contribution < 1.29 is 4.74 Å². The van der Waals surface area contributed by atoms with Crippen LogP contribution in [0.25, 0.3) is 0 Å². The molecule has 0 aliphatic rings. The minimum atomic E-state index is 0.475. The average Bonchev–Trinajstić information content (AvgIpc) is 2.96. The summed E-state index contributed by atoms with van der Waals surface area (Å²) in [6.45, 7) is 3.48. The summed E-state index contributed by atoms with van der Waals surface area (Å²) >= 11 is 1.56. The lowest BCUT2D eigenvalue weighted by atomic mass is 10.2. The topological polar surface area (TPSA) is 60.2 Å². The standard InChI is InChI=1S/C16H23N3OS/c1-2-3-4-5-10-20-15-8-6-13(7-9-15)18-16-19-14(11-17)12-21-16/h6-9,12H,2-5,10-11,17H2,1H3,(H,18,19). The molecule has 0 atom stereocenters. The minimum absolute atomic E-state index is 0.475. The van der Waals surface area contributed by atoms with Crippen molar-refractivity contribution >= 4 is 22.2 Å². The van der Waals surface area contributed by atoms with Gasteiger partial charge in [0.05, 0.1) is 12.3 Å². The second-order valence-electron chi connectivity index (χ2n) is 4.91. The first-order valence-corrected chi connectivity index (χ1v) is 8.34. The highest BCUT2D eigenvalue weighted by Gasteiger charge is 2.01. The Balaban J connectivity index is 1.78. The number of nitrogens with one attached hydrogen (secondary N) is 1. The van der Waals surface area contributed by atoms with E-state index in [-0.39, 0.29) is 0 Å². The molecule has 0 saturated heterocycles. The summed E-state index contributed by atoms with van der Waals surface area (Å²) in [6, 6.07) is 7.98. The molecule has 0 radical (unpaired) electrons. The van der Waals surface area contributed by atoms with E-state index in [9.17, 15) is 0 Å². The van der Waals surface area contributed by atoms with Gasteiger partial charge >= 0.3 is 0 Å². The largest absolute Gasteiger partial charge is 0.494 e. The minimum Gasteiger partial charge on any atom is -0.494 e. The van der Waals surface area contributed by atoms with E-state index in [0.29, 0.717) is 6.54 Å². The van der Waals surface area contributed by atoms with Gasteiger partial charge in [-0.3, -0.25) is 0 Å². The van der Waals surface area contributed by atoms with E-state index in [1.165, 1.54) is 19.3 Å². The van der Waals surface area contributed by atoms with E-state index in [2.05, 4.69) is 17.2 Å². The molecule has 0 aliphatic carbocycles. The van der Waals surface area contributed by atoms with Gasteiger partial charge in [0.15, 0.2) is 5.13 Å². The molecule has 0 bridgehead atoms. The van der Waals surface area contributed by atoms with Crippen LogP contribution in [-0.4, -0.2) is 11.6 Å². The molecule has 0 unspecified atom stereocenters. The molecule has 1 heterocycles. The first kappa shape index (κ1) is 15.8. The highest BCUT2D eigenvalue weighted by molar-refractivity contribution is 7.13. The van der Waals surface area contributed by atoms with Crippen molar-refractivity contribution in [3.8, 4) is 5.75 Å². The van der Waals surface area contributed by atoms with Crippen molar-refractivity contribution in [1.82, 2.24) is 4.98 Å². The maximum Gasteiger partial charge on any atom is 0.187 e. The SMILES string of the molecule is CCCCCCOc1ccc(Nc2nc(CN)cs2)cc1. The predicted octanol–water partition coefficient (Wildman–Crippen LogP) is 4.30. The zero-order valence-electron chi connectivity index (χ0n) is 12.5. The monoisotopic (exact) mass is 305 g/mol. The molecule has 114 valence electrons. The molecule has 3 N–H and O–H groups in total. The van der Waals surface area contributed by atoms with Gasteiger partial charge in [-0.05, 0) is 30.7 Å². The molecule has 1 aromatic carbocycles. The van der Waals surface area contributed by atoms with Gasteiger partial charge in [-0.25, -0.2) is 4.98 Å². The Kier molecular flexibility index (Phi) is 6.50. The highest BCUT2D eigenvalue weighted by atomic mass is 32.1. The Morgan fingerprint density at radius 3 is 2.67 bits per heavy atom. The quantitative estimate of drug-likeness (QED) is 0.678. The Morgan fingerprint density at radius 1 is 1.19 bits per heavy atom. The molecule has 0 saturated carbocycles. The molecule has 5 heteroatoms. The third-order valence-electron chi connectivity index (χ3n) is 3.13. The number of benzene rings is 1. The van der Waals surface area contributed by atoms with Crippen molar-refractivity contribution in [2.75, 3.05) is 11.9 Å². The number of hydrogen-bond donors (Lipinski definition) is 2. The van der Waals surface area contributed by atoms with Crippen LogP contribution < -0.4 is 15.8 Å². The highest BCUT2D eigenvalue weighted by Crippen LogP contribution is 2.23. The zero-order chi connectivity index (χ0) is 14.9. The number of ether oxygens (including phenoxy) is 1. The Labute approximate surface area is 130 Å². The maximum absolute atomic E-state index is 5.72. The van der Waals surface area contributed by atoms with Crippen molar-refractivity contribution in [1.29, 1.82) is 0 Å². The number of aromatic nitrogens is 1. The van der Waals surface area contributed by atoms with Gasteiger partial charge in [0.2, 0.25) is 0 Å². The molecule has 0 spiro atoms. The van der Waals surface area contributed by atoms with Gasteiger partial charge in [-0.1, -0.05) is 26.2 Å². The van der Waals surface area contributed by atoms with Crippen LogP contribution >= 0.6 is 11.3 Å². The third-order valence-corrected chi connectivity index (χ3v) is 3.94. The molecular formula is C16H23N3OS. The fourth-order valence-electron chi connectivity index (χ4n) is 1.93. The van der Waals surface area contributed by atoms with Crippen LogP contribution in [0.4, 0.5) is 10.8 Å². The van der Waals surface area contributed by atoms with Gasteiger partial charge in [-0.15, -0.1) is 11.3 Å². The summed E-state index contributed by atoms with van der Waals surface area (Å²) in [6.07, 6.45) is 4.90. The van der Waals surface area contributed by atoms with Gasteiger partial charge < -0.3 is 15.8 Å². The maximum atomic E-state index is 5.72. The molecule has 21 heavy (non-hydrogen) atoms. The second kappa shape index (κ2) is 8.64. The van der Waals surface area contributed by atoms with E-state index >= 15 is 0 Å². The molecule has 2 aromatic rings. The van der Waals surface area contributed by atoms with Crippen LogP contribution in [0.2, 0.25) is 0 Å². The lowest BCUT2D eigenvalue weighted by molar-refractivity contribution is 0.305. The van der Waals surface area contributed by atoms with Crippen molar-refractivity contribution in [2.24, 2.45) is 5.73 Å². The van der Waals surface area contributed by atoms with Crippen molar-refractivity contribution in [2.45, 2.75) is 39.2 Å². The lowest BCUT2D eigenvalue weighted by Crippen LogP contribution is -1.98.